The van der Waals surface area contributed by atoms with Gasteiger partial charge < -0.3 is 34.5 Å². The van der Waals surface area contributed by atoms with Gasteiger partial charge in [-0.15, -0.1) is 0 Å². The summed E-state index contributed by atoms with van der Waals surface area (Å²) in [5.41, 5.74) is 2.05. The zero-order valence-electron chi connectivity index (χ0n) is 25.6. The number of carbonyl (C=O) groups excluding carboxylic acids is 1. The molecule has 5 rings (SSSR count). The Labute approximate surface area is 270 Å². The molecule has 2 aliphatic heterocycles. The van der Waals surface area contributed by atoms with Gasteiger partial charge in [0.25, 0.3) is 0 Å². The molecule has 1 fully saturated rings. The quantitative estimate of drug-likeness (QED) is 0.237. The largest absolute Gasteiger partial charge is 0.488 e. The van der Waals surface area contributed by atoms with Crippen LogP contribution in [0.2, 0.25) is 5.02 Å². The van der Waals surface area contributed by atoms with Crippen molar-refractivity contribution in [3.05, 3.63) is 81.9 Å². The first-order valence-corrected chi connectivity index (χ1v) is 15.3. The van der Waals surface area contributed by atoms with Gasteiger partial charge in [0, 0.05) is 40.3 Å². The van der Waals surface area contributed by atoms with Crippen LogP contribution in [-0.2, 0) is 19.8 Å². The van der Waals surface area contributed by atoms with Crippen molar-refractivity contribution in [1.29, 1.82) is 5.26 Å². The standard InChI is InChI=1S/C34H35ClF2N2O7/c1-33(2,3)31(45-32(39)41)34(20-9-5-4-6-10-20)30(40)26-23(46-34)17-21(36)28(35)27(26)25-19(18-38)12-13-22(29(25)37)42-15-16-44-24-11-7-8-14-43-24/h4-6,9-10,12-13,17,24,30-31,40H,7-8,11,14-16H2,1-3H3,(H2,39,41). The maximum absolute atomic E-state index is 16.4. The van der Waals surface area contributed by atoms with Crippen LogP contribution in [0.3, 0.4) is 0 Å². The summed E-state index contributed by atoms with van der Waals surface area (Å²) in [5.74, 6) is -2.44. The minimum Gasteiger partial charge on any atom is -0.488 e. The number of rotatable bonds is 9. The van der Waals surface area contributed by atoms with E-state index in [0.717, 1.165) is 25.3 Å². The van der Waals surface area contributed by atoms with Gasteiger partial charge in [-0.3, -0.25) is 0 Å². The Morgan fingerprint density at radius 1 is 1.17 bits per heavy atom. The third-order valence-electron chi connectivity index (χ3n) is 8.07. The molecule has 0 bridgehead atoms. The predicted octanol–water partition coefficient (Wildman–Crippen LogP) is 6.91. The number of ether oxygens (including phenoxy) is 5. The van der Waals surface area contributed by atoms with Crippen LogP contribution in [0.5, 0.6) is 11.5 Å². The minimum absolute atomic E-state index is 0.0440. The molecular weight excluding hydrogens is 622 g/mol. The lowest BCUT2D eigenvalue weighted by Crippen LogP contribution is -2.55. The van der Waals surface area contributed by atoms with Crippen molar-refractivity contribution >= 4 is 17.7 Å². The van der Waals surface area contributed by atoms with Gasteiger partial charge in [-0.1, -0.05) is 62.7 Å². The van der Waals surface area contributed by atoms with Crippen LogP contribution >= 0.6 is 11.6 Å². The lowest BCUT2D eigenvalue weighted by atomic mass is 9.71. The van der Waals surface area contributed by atoms with Crippen molar-refractivity contribution in [2.45, 2.75) is 64.1 Å². The molecule has 12 heteroatoms. The molecule has 4 unspecified atom stereocenters. The summed E-state index contributed by atoms with van der Waals surface area (Å²) in [6, 6.07) is 13.9. The number of primary amides is 1. The second-order valence-corrected chi connectivity index (χ2v) is 12.6. The molecule has 4 atom stereocenters. The van der Waals surface area contributed by atoms with E-state index in [0.29, 0.717) is 12.2 Å². The van der Waals surface area contributed by atoms with Crippen LogP contribution in [0.1, 0.15) is 62.8 Å². The van der Waals surface area contributed by atoms with E-state index in [-0.39, 0.29) is 47.7 Å². The van der Waals surface area contributed by atoms with Crippen LogP contribution in [0.15, 0.2) is 48.5 Å². The van der Waals surface area contributed by atoms with Crippen molar-refractivity contribution < 1.29 is 42.4 Å². The van der Waals surface area contributed by atoms with Gasteiger partial charge in [-0.25, -0.2) is 13.6 Å². The van der Waals surface area contributed by atoms with Crippen LogP contribution < -0.4 is 15.2 Å². The van der Waals surface area contributed by atoms with E-state index < -0.39 is 51.5 Å². The third-order valence-corrected chi connectivity index (χ3v) is 8.44. The van der Waals surface area contributed by atoms with E-state index in [4.69, 9.17) is 41.0 Å². The van der Waals surface area contributed by atoms with Crippen LogP contribution in [0.4, 0.5) is 13.6 Å². The van der Waals surface area contributed by atoms with E-state index in [1.54, 1.807) is 51.1 Å². The molecule has 3 aromatic rings. The van der Waals surface area contributed by atoms with Gasteiger partial charge in [0.2, 0.25) is 5.60 Å². The molecule has 0 aliphatic carbocycles. The molecule has 9 nitrogen and oxygen atoms in total. The molecule has 0 saturated carbocycles. The van der Waals surface area contributed by atoms with Crippen molar-refractivity contribution in [3.8, 4) is 28.7 Å². The van der Waals surface area contributed by atoms with Crippen LogP contribution in [-0.4, -0.2) is 43.4 Å². The average molecular weight is 657 g/mol. The van der Waals surface area contributed by atoms with Gasteiger partial charge in [-0.2, -0.15) is 5.26 Å². The highest BCUT2D eigenvalue weighted by Gasteiger charge is 2.61. The summed E-state index contributed by atoms with van der Waals surface area (Å²) in [6.07, 6.45) is -1.79. The fourth-order valence-electron chi connectivity index (χ4n) is 6.14. The van der Waals surface area contributed by atoms with Crippen molar-refractivity contribution in [2.24, 2.45) is 11.1 Å². The Morgan fingerprint density at radius 2 is 1.91 bits per heavy atom. The molecule has 0 spiro atoms. The lowest BCUT2D eigenvalue weighted by Gasteiger charge is -2.44. The monoisotopic (exact) mass is 656 g/mol. The van der Waals surface area contributed by atoms with E-state index in [1.807, 2.05) is 6.07 Å². The number of carbonyl (C=O) groups is 1. The molecule has 0 radical (unpaired) electrons. The summed E-state index contributed by atoms with van der Waals surface area (Å²) < 4.78 is 60.9. The number of nitriles is 1. The van der Waals surface area contributed by atoms with Gasteiger partial charge in [-0.05, 0) is 31.4 Å². The predicted molar refractivity (Wildman–Crippen MR) is 164 cm³/mol. The number of aliphatic hydroxyl groups excluding tert-OH is 1. The maximum atomic E-state index is 16.4. The lowest BCUT2D eigenvalue weighted by molar-refractivity contribution is -0.165. The number of nitrogens with two attached hydrogens (primary N) is 1. The summed E-state index contributed by atoms with van der Waals surface area (Å²) in [6.45, 7) is 5.91. The Morgan fingerprint density at radius 3 is 2.54 bits per heavy atom. The first kappa shape index (κ1) is 33.4. The maximum Gasteiger partial charge on any atom is 0.404 e. The second kappa shape index (κ2) is 13.4. The van der Waals surface area contributed by atoms with E-state index >= 15 is 8.78 Å². The Kier molecular flexibility index (Phi) is 9.75. The number of hydrogen-bond acceptors (Lipinski definition) is 8. The van der Waals surface area contributed by atoms with E-state index in [2.05, 4.69) is 0 Å². The molecule has 2 heterocycles. The molecule has 0 aromatic heterocycles. The molecule has 244 valence electrons. The fraction of sp³-hybridized carbons (Fsp3) is 0.412. The first-order valence-electron chi connectivity index (χ1n) is 14.9. The number of aliphatic hydroxyl groups is 1. The number of nitrogens with zero attached hydrogens (tertiary/aromatic N) is 1. The minimum atomic E-state index is -1.89. The SMILES string of the molecule is CC(C)(C)C(OC(N)=O)C1(c2ccccc2)Oc2cc(F)c(Cl)c(-c3c(C#N)ccc(OCCOC4CCCCO4)c3F)c2C1O. The Bertz CT molecular complexity index is 1640. The van der Waals surface area contributed by atoms with Crippen molar-refractivity contribution in [2.75, 3.05) is 19.8 Å². The van der Waals surface area contributed by atoms with Crippen molar-refractivity contribution in [3.63, 3.8) is 0 Å². The number of hydrogen-bond donors (Lipinski definition) is 2. The molecular formula is C34H35ClF2N2O7. The zero-order valence-corrected chi connectivity index (χ0v) is 26.4. The molecule has 1 amide bonds. The summed E-state index contributed by atoms with van der Waals surface area (Å²) in [7, 11) is 0. The average Bonchev–Trinajstić information content (AvgIpc) is 3.31. The molecule has 3 aromatic carbocycles. The highest BCUT2D eigenvalue weighted by Crippen LogP contribution is 2.59. The van der Waals surface area contributed by atoms with E-state index in [9.17, 15) is 15.2 Å². The highest BCUT2D eigenvalue weighted by molar-refractivity contribution is 6.34. The van der Waals surface area contributed by atoms with Gasteiger partial charge in [0.05, 0.1) is 23.3 Å². The van der Waals surface area contributed by atoms with Crippen LogP contribution in [0, 0.1) is 28.4 Å². The number of fused-ring (bicyclic) bond motifs is 1. The van der Waals surface area contributed by atoms with Crippen LogP contribution in [0.25, 0.3) is 11.1 Å². The number of amides is 1. The normalized spacial score (nSPS) is 21.5. The smallest absolute Gasteiger partial charge is 0.404 e. The molecule has 1 saturated heterocycles. The fourth-order valence-corrected chi connectivity index (χ4v) is 6.39. The summed E-state index contributed by atoms with van der Waals surface area (Å²) >= 11 is 6.54. The molecule has 3 N–H and O–H groups in total. The molecule has 46 heavy (non-hydrogen) atoms. The van der Waals surface area contributed by atoms with Gasteiger partial charge in [0.15, 0.2) is 24.0 Å². The van der Waals surface area contributed by atoms with Crippen molar-refractivity contribution in [1.82, 2.24) is 0 Å². The number of halogens is 3. The zero-order chi connectivity index (χ0) is 33.2. The summed E-state index contributed by atoms with van der Waals surface area (Å²) in [5, 5.41) is 21.7. The first-order chi connectivity index (χ1) is 21.9. The highest BCUT2D eigenvalue weighted by atomic mass is 35.5. The number of benzene rings is 3. The van der Waals surface area contributed by atoms with E-state index in [1.165, 1.54) is 12.1 Å². The Hall–Kier alpha value is -3.95. The van der Waals surface area contributed by atoms with Gasteiger partial charge >= 0.3 is 6.09 Å². The third kappa shape index (κ3) is 6.22. The Balaban J connectivity index is 1.63. The summed E-state index contributed by atoms with van der Waals surface area (Å²) in [4.78, 5) is 12.2. The molecule has 2 aliphatic rings. The topological polar surface area (TPSA) is 133 Å². The van der Waals surface area contributed by atoms with Gasteiger partial charge in [0.1, 0.15) is 24.3 Å². The second-order valence-electron chi connectivity index (χ2n) is 12.2.